The first-order chi connectivity index (χ1) is 14.3. The third kappa shape index (κ3) is 3.79. The number of anilines is 1. The molecule has 1 aliphatic heterocycles. The minimum absolute atomic E-state index is 0.0163. The molecule has 1 aliphatic rings. The maximum Gasteiger partial charge on any atom is 0.307 e. The summed E-state index contributed by atoms with van der Waals surface area (Å²) in [5.74, 6) is -0.156. The third-order valence-corrected chi connectivity index (χ3v) is 5.89. The Morgan fingerprint density at radius 1 is 1.23 bits per heavy atom. The van der Waals surface area contributed by atoms with E-state index in [9.17, 15) is 4.79 Å². The number of hydrazone groups is 1. The normalized spacial score (nSPS) is 15.4. The Balaban J connectivity index is 1.52. The zero-order chi connectivity index (χ0) is 21.5. The van der Waals surface area contributed by atoms with E-state index in [-0.39, 0.29) is 17.2 Å². The van der Waals surface area contributed by atoms with Gasteiger partial charge in [0.05, 0.1) is 11.8 Å². The number of likely N-dealkylation sites (N-methyl/N-ethyl adjacent to an activating group) is 1. The van der Waals surface area contributed by atoms with Gasteiger partial charge >= 0.3 is 5.91 Å². The molecule has 3 aromatic rings. The van der Waals surface area contributed by atoms with Crippen molar-refractivity contribution in [3.63, 3.8) is 0 Å². The average molecular weight is 466 g/mol. The van der Waals surface area contributed by atoms with E-state index in [4.69, 9.17) is 4.42 Å². The molecule has 0 unspecified atom stereocenters. The summed E-state index contributed by atoms with van der Waals surface area (Å²) < 4.78 is 6.53. The molecule has 4 rings (SSSR count). The monoisotopic (exact) mass is 465 g/mol. The molecular formula is C24H24BrN3O2. The first-order valence-corrected chi connectivity index (χ1v) is 10.7. The van der Waals surface area contributed by atoms with Gasteiger partial charge < -0.3 is 9.32 Å². The maximum absolute atomic E-state index is 12.4. The molecule has 0 spiro atoms. The number of hydrogen-bond acceptors (Lipinski definition) is 4. The van der Waals surface area contributed by atoms with Crippen LogP contribution in [-0.2, 0) is 0 Å². The first-order valence-electron chi connectivity index (χ1n) is 9.92. The van der Waals surface area contributed by atoms with Crippen molar-refractivity contribution in [3.8, 4) is 0 Å². The Morgan fingerprint density at radius 2 is 2.03 bits per heavy atom. The number of amides is 1. The van der Waals surface area contributed by atoms with Crippen molar-refractivity contribution in [1.82, 2.24) is 5.43 Å². The number of carbonyl (C=O) groups is 1. The molecular weight excluding hydrogens is 442 g/mol. The van der Waals surface area contributed by atoms with Gasteiger partial charge in [0, 0.05) is 27.7 Å². The summed E-state index contributed by atoms with van der Waals surface area (Å²) in [5, 5.41) is 4.98. The fourth-order valence-corrected chi connectivity index (χ4v) is 4.48. The molecule has 1 N–H and O–H groups in total. The second kappa shape index (κ2) is 7.76. The van der Waals surface area contributed by atoms with Crippen molar-refractivity contribution >= 4 is 50.3 Å². The molecule has 0 saturated heterocycles. The lowest BCUT2D eigenvalue weighted by Crippen LogP contribution is -2.44. The van der Waals surface area contributed by atoms with Crippen LogP contribution in [0.1, 0.15) is 49.4 Å². The van der Waals surface area contributed by atoms with E-state index in [1.54, 1.807) is 12.3 Å². The Hall–Kier alpha value is -2.86. The van der Waals surface area contributed by atoms with Crippen LogP contribution < -0.4 is 10.3 Å². The Labute approximate surface area is 184 Å². The van der Waals surface area contributed by atoms with Gasteiger partial charge in [0.2, 0.25) is 0 Å². The van der Waals surface area contributed by atoms with Gasteiger partial charge in [-0.15, -0.1) is 0 Å². The van der Waals surface area contributed by atoms with Crippen LogP contribution in [0.5, 0.6) is 0 Å². The zero-order valence-electron chi connectivity index (χ0n) is 17.5. The molecule has 5 nitrogen and oxygen atoms in total. The zero-order valence-corrected chi connectivity index (χ0v) is 19.1. The second-order valence-corrected chi connectivity index (χ2v) is 8.91. The highest BCUT2D eigenvalue weighted by Crippen LogP contribution is 2.38. The quantitative estimate of drug-likeness (QED) is 0.380. The number of furan rings is 1. The van der Waals surface area contributed by atoms with Crippen LogP contribution in [0.15, 0.2) is 62.5 Å². The van der Waals surface area contributed by atoms with Gasteiger partial charge in [-0.1, -0.05) is 28.1 Å². The minimum atomic E-state index is -0.383. The van der Waals surface area contributed by atoms with Crippen molar-refractivity contribution in [1.29, 1.82) is 0 Å². The number of allylic oxidation sites excluding steroid dienone is 1. The summed E-state index contributed by atoms with van der Waals surface area (Å²) in [7, 11) is 0. The summed E-state index contributed by atoms with van der Waals surface area (Å²) in [6, 6.07) is 13.6. The molecule has 0 bridgehead atoms. The molecule has 30 heavy (non-hydrogen) atoms. The predicted molar refractivity (Wildman–Crippen MR) is 126 cm³/mol. The van der Waals surface area contributed by atoms with E-state index >= 15 is 0 Å². The Kier molecular flexibility index (Phi) is 5.28. The number of halogens is 1. The van der Waals surface area contributed by atoms with Gasteiger partial charge in [-0.3, -0.25) is 4.79 Å². The Morgan fingerprint density at radius 3 is 2.80 bits per heavy atom. The van der Waals surface area contributed by atoms with Crippen LogP contribution >= 0.6 is 15.9 Å². The predicted octanol–water partition coefficient (Wildman–Crippen LogP) is 5.98. The fraction of sp³-hybridized carbons (Fsp3) is 0.250. The smallest absolute Gasteiger partial charge is 0.307 e. The molecule has 154 valence electrons. The largest absolute Gasteiger partial charge is 0.451 e. The van der Waals surface area contributed by atoms with E-state index in [0.717, 1.165) is 22.0 Å². The van der Waals surface area contributed by atoms with Gasteiger partial charge in [0.15, 0.2) is 5.76 Å². The SMILES string of the molecule is CCN1c2ccc(/C=N\NC(=O)c3cc4cc(Br)ccc4o3)cc2C(C)=CC1(C)C. The van der Waals surface area contributed by atoms with Gasteiger partial charge in [-0.05, 0) is 75.2 Å². The summed E-state index contributed by atoms with van der Waals surface area (Å²) in [5.41, 5.74) is 7.76. The van der Waals surface area contributed by atoms with Crippen LogP contribution in [0, 0.1) is 0 Å². The Bertz CT molecular complexity index is 1190. The average Bonchev–Trinajstić information content (AvgIpc) is 3.11. The van der Waals surface area contributed by atoms with E-state index in [1.165, 1.54) is 16.8 Å². The molecule has 1 amide bonds. The highest BCUT2D eigenvalue weighted by molar-refractivity contribution is 9.10. The lowest BCUT2D eigenvalue weighted by Gasteiger charge is -2.42. The van der Waals surface area contributed by atoms with Crippen LogP contribution in [0.2, 0.25) is 0 Å². The number of fused-ring (bicyclic) bond motifs is 2. The molecule has 0 radical (unpaired) electrons. The highest BCUT2D eigenvalue weighted by Gasteiger charge is 2.29. The topological polar surface area (TPSA) is 57.8 Å². The molecule has 0 atom stereocenters. The number of nitrogens with zero attached hydrogens (tertiary/aromatic N) is 2. The molecule has 2 heterocycles. The lowest BCUT2D eigenvalue weighted by molar-refractivity contribution is 0.0929. The summed E-state index contributed by atoms with van der Waals surface area (Å²) in [6.45, 7) is 9.69. The van der Waals surface area contributed by atoms with E-state index in [0.29, 0.717) is 5.58 Å². The summed E-state index contributed by atoms with van der Waals surface area (Å²) in [4.78, 5) is 14.8. The van der Waals surface area contributed by atoms with Crippen LogP contribution in [0.3, 0.4) is 0 Å². The number of rotatable bonds is 4. The highest BCUT2D eigenvalue weighted by atomic mass is 79.9. The second-order valence-electron chi connectivity index (χ2n) is 7.99. The van der Waals surface area contributed by atoms with Crippen LogP contribution in [-0.4, -0.2) is 24.2 Å². The molecule has 2 aromatic carbocycles. The van der Waals surface area contributed by atoms with E-state index in [2.05, 4.69) is 77.3 Å². The summed E-state index contributed by atoms with van der Waals surface area (Å²) in [6.07, 6.45) is 3.95. The molecule has 1 aromatic heterocycles. The molecule has 0 aliphatic carbocycles. The number of benzene rings is 2. The van der Waals surface area contributed by atoms with Gasteiger partial charge in [-0.25, -0.2) is 5.43 Å². The van der Waals surface area contributed by atoms with Crippen molar-refractivity contribution in [2.45, 2.75) is 33.2 Å². The van der Waals surface area contributed by atoms with Gasteiger partial charge in [-0.2, -0.15) is 5.10 Å². The first kappa shape index (κ1) is 20.4. The number of hydrogen-bond donors (Lipinski definition) is 1. The van der Waals surface area contributed by atoms with Crippen molar-refractivity contribution in [2.75, 3.05) is 11.4 Å². The minimum Gasteiger partial charge on any atom is -0.451 e. The molecule has 6 heteroatoms. The molecule has 0 fully saturated rings. The van der Waals surface area contributed by atoms with E-state index in [1.807, 2.05) is 24.3 Å². The third-order valence-electron chi connectivity index (χ3n) is 5.40. The van der Waals surface area contributed by atoms with Crippen molar-refractivity contribution < 1.29 is 9.21 Å². The van der Waals surface area contributed by atoms with Crippen LogP contribution in [0.25, 0.3) is 16.5 Å². The molecule has 0 saturated carbocycles. The maximum atomic E-state index is 12.4. The number of nitrogens with one attached hydrogen (secondary N) is 1. The van der Waals surface area contributed by atoms with Crippen molar-refractivity contribution in [2.24, 2.45) is 5.10 Å². The standard InChI is InChI=1S/C24H24BrN3O2/c1-5-28-20-8-6-16(10-19(20)15(2)13-24(28,3)4)14-26-27-23(29)22-12-17-11-18(25)7-9-21(17)30-22/h6-14H,5H2,1-4H3,(H,27,29)/b26-14-. The van der Waals surface area contributed by atoms with Crippen LogP contribution in [0.4, 0.5) is 5.69 Å². The van der Waals surface area contributed by atoms with Crippen molar-refractivity contribution in [3.05, 3.63) is 69.9 Å². The van der Waals surface area contributed by atoms with Gasteiger partial charge in [0.25, 0.3) is 0 Å². The van der Waals surface area contributed by atoms with E-state index < -0.39 is 0 Å². The van der Waals surface area contributed by atoms with Gasteiger partial charge in [0.1, 0.15) is 5.58 Å². The lowest BCUT2D eigenvalue weighted by atomic mass is 9.88. The number of carbonyl (C=O) groups excluding carboxylic acids is 1. The fourth-order valence-electron chi connectivity index (χ4n) is 4.11. The summed E-state index contributed by atoms with van der Waals surface area (Å²) >= 11 is 3.42.